The van der Waals surface area contributed by atoms with Gasteiger partial charge in [-0.15, -0.1) is 0 Å². The van der Waals surface area contributed by atoms with Gasteiger partial charge in [-0.2, -0.15) is 0 Å². The third-order valence-electron chi connectivity index (χ3n) is 6.21. The summed E-state index contributed by atoms with van der Waals surface area (Å²) in [5.41, 5.74) is 0.970. The summed E-state index contributed by atoms with van der Waals surface area (Å²) in [5, 5.41) is 14.2. The minimum Gasteiger partial charge on any atom is -0.495 e. The molecule has 0 fully saturated rings. The summed E-state index contributed by atoms with van der Waals surface area (Å²) in [6.45, 7) is 1.37. The van der Waals surface area contributed by atoms with E-state index in [9.17, 15) is 28.1 Å². The lowest BCUT2D eigenvalue weighted by atomic mass is 10.0. The van der Waals surface area contributed by atoms with Crippen LogP contribution in [-0.4, -0.2) is 62.6 Å². The van der Waals surface area contributed by atoms with Crippen molar-refractivity contribution in [1.82, 2.24) is 10.2 Å². The number of hydrogen-bond donors (Lipinski definition) is 1. The molecule has 0 bridgehead atoms. The number of likely N-dealkylation sites (N-methyl/N-ethyl adjacent to an activating group) is 1. The summed E-state index contributed by atoms with van der Waals surface area (Å²) in [5.74, 6) is -1.06. The minimum absolute atomic E-state index is 0.00439. The summed E-state index contributed by atoms with van der Waals surface area (Å²) in [6.07, 6.45) is 1.07. The van der Waals surface area contributed by atoms with Gasteiger partial charge >= 0.3 is 0 Å². The molecule has 0 heterocycles. The van der Waals surface area contributed by atoms with Gasteiger partial charge in [0.05, 0.1) is 18.3 Å². The standard InChI is InChI=1S/C28H31BrN4O7S/c1-4-30-28(35)25(16-20-8-6-5-7-9-20)31(18-21-10-12-22(29)13-11-21)27(34)19-32(41(3,38)39)24-17-23(33(36)37)14-15-26(24)40-2/h5-15,17,25H,4,16,18-19H2,1-3H3,(H,30,35)/t25-/m1/s1. The summed E-state index contributed by atoms with van der Waals surface area (Å²) in [7, 11) is -2.85. The van der Waals surface area contributed by atoms with Gasteiger partial charge in [-0.05, 0) is 36.2 Å². The highest BCUT2D eigenvalue weighted by molar-refractivity contribution is 9.10. The van der Waals surface area contributed by atoms with Crippen LogP contribution in [0.25, 0.3) is 0 Å². The maximum atomic E-state index is 14.1. The van der Waals surface area contributed by atoms with Crippen LogP contribution in [0.1, 0.15) is 18.1 Å². The van der Waals surface area contributed by atoms with Crippen LogP contribution in [0.3, 0.4) is 0 Å². The number of rotatable bonds is 13. The number of carbonyl (C=O) groups excluding carboxylic acids is 2. The Labute approximate surface area is 247 Å². The van der Waals surface area contributed by atoms with Crippen molar-refractivity contribution in [2.24, 2.45) is 0 Å². The lowest BCUT2D eigenvalue weighted by Crippen LogP contribution is -2.53. The number of non-ortho nitro benzene ring substituents is 1. The number of halogens is 1. The summed E-state index contributed by atoms with van der Waals surface area (Å²) in [4.78, 5) is 39.6. The second-order valence-corrected chi connectivity index (χ2v) is 12.0. The number of nitro groups is 1. The molecule has 0 aliphatic heterocycles. The van der Waals surface area contributed by atoms with E-state index in [1.165, 1.54) is 24.1 Å². The van der Waals surface area contributed by atoms with E-state index >= 15 is 0 Å². The first-order valence-electron chi connectivity index (χ1n) is 12.6. The molecule has 13 heteroatoms. The number of nitrogens with one attached hydrogen (secondary N) is 1. The van der Waals surface area contributed by atoms with E-state index in [0.29, 0.717) is 12.1 Å². The molecule has 0 radical (unpaired) electrons. The maximum absolute atomic E-state index is 14.1. The van der Waals surface area contributed by atoms with Gasteiger partial charge in [0.1, 0.15) is 24.0 Å². The number of methoxy groups -OCH3 is 1. The lowest BCUT2D eigenvalue weighted by molar-refractivity contribution is -0.384. The predicted octanol–water partition coefficient (Wildman–Crippen LogP) is 3.91. The fourth-order valence-corrected chi connectivity index (χ4v) is 5.32. The lowest BCUT2D eigenvalue weighted by Gasteiger charge is -2.33. The van der Waals surface area contributed by atoms with Gasteiger partial charge in [0.25, 0.3) is 5.69 Å². The Morgan fingerprint density at radius 2 is 1.71 bits per heavy atom. The van der Waals surface area contributed by atoms with Gasteiger partial charge in [0, 0.05) is 36.1 Å². The quantitative estimate of drug-likeness (QED) is 0.219. The van der Waals surface area contributed by atoms with E-state index in [-0.39, 0.29) is 30.1 Å². The van der Waals surface area contributed by atoms with Crippen LogP contribution in [0, 0.1) is 10.1 Å². The Balaban J connectivity index is 2.10. The number of amides is 2. The molecule has 3 aromatic carbocycles. The zero-order valence-corrected chi connectivity index (χ0v) is 25.2. The number of benzene rings is 3. The van der Waals surface area contributed by atoms with Crippen LogP contribution in [-0.2, 0) is 32.6 Å². The molecule has 1 atom stereocenters. The molecule has 0 aliphatic carbocycles. The Morgan fingerprint density at radius 3 is 2.27 bits per heavy atom. The Morgan fingerprint density at radius 1 is 1.05 bits per heavy atom. The van der Waals surface area contributed by atoms with Gasteiger partial charge in [-0.3, -0.25) is 24.0 Å². The minimum atomic E-state index is -4.14. The molecule has 0 saturated carbocycles. The van der Waals surface area contributed by atoms with Crippen molar-refractivity contribution in [3.05, 3.63) is 98.5 Å². The molecule has 0 unspecified atom stereocenters. The molecule has 0 saturated heterocycles. The van der Waals surface area contributed by atoms with E-state index < -0.39 is 39.3 Å². The third-order valence-corrected chi connectivity index (χ3v) is 7.86. The summed E-state index contributed by atoms with van der Waals surface area (Å²) in [6, 6.07) is 18.8. The number of hydrogen-bond acceptors (Lipinski definition) is 7. The van der Waals surface area contributed by atoms with Crippen LogP contribution in [0.15, 0.2) is 77.3 Å². The molecule has 0 spiro atoms. The van der Waals surface area contributed by atoms with Crippen molar-refractivity contribution in [3.8, 4) is 5.75 Å². The van der Waals surface area contributed by atoms with E-state index in [2.05, 4.69) is 21.2 Å². The second kappa shape index (κ2) is 14.1. The highest BCUT2D eigenvalue weighted by atomic mass is 79.9. The number of nitrogens with zero attached hydrogens (tertiary/aromatic N) is 3. The predicted molar refractivity (Wildman–Crippen MR) is 159 cm³/mol. The first-order valence-corrected chi connectivity index (χ1v) is 15.2. The molecule has 3 aromatic rings. The highest BCUT2D eigenvalue weighted by Gasteiger charge is 2.34. The Hall–Kier alpha value is -3.97. The molecule has 218 valence electrons. The average Bonchev–Trinajstić information content (AvgIpc) is 2.94. The van der Waals surface area contributed by atoms with E-state index in [0.717, 1.165) is 26.7 Å². The largest absolute Gasteiger partial charge is 0.495 e. The molecule has 0 aliphatic rings. The topological polar surface area (TPSA) is 139 Å². The van der Waals surface area contributed by atoms with E-state index in [1.807, 2.05) is 30.3 Å². The van der Waals surface area contributed by atoms with Gasteiger partial charge in [0.2, 0.25) is 21.8 Å². The van der Waals surface area contributed by atoms with Crippen molar-refractivity contribution in [2.45, 2.75) is 25.9 Å². The molecule has 2 amide bonds. The Kier molecular flexibility index (Phi) is 10.8. The molecule has 41 heavy (non-hydrogen) atoms. The number of anilines is 1. The molecule has 11 nitrogen and oxygen atoms in total. The Bertz CT molecular complexity index is 1490. The van der Waals surface area contributed by atoms with Crippen LogP contribution >= 0.6 is 15.9 Å². The monoisotopic (exact) mass is 646 g/mol. The van der Waals surface area contributed by atoms with Crippen molar-refractivity contribution in [2.75, 3.05) is 30.8 Å². The van der Waals surface area contributed by atoms with Crippen LogP contribution in [0.2, 0.25) is 0 Å². The average molecular weight is 648 g/mol. The number of sulfonamides is 1. The molecule has 0 aromatic heterocycles. The van der Waals surface area contributed by atoms with Gasteiger partial charge < -0.3 is 15.0 Å². The normalized spacial score (nSPS) is 11.8. The summed E-state index contributed by atoms with van der Waals surface area (Å²) >= 11 is 3.39. The first kappa shape index (κ1) is 31.6. The SMILES string of the molecule is CCNC(=O)[C@@H](Cc1ccccc1)N(Cc1ccc(Br)cc1)C(=O)CN(c1cc([N+](=O)[O-])ccc1OC)S(C)(=O)=O. The fourth-order valence-electron chi connectivity index (χ4n) is 4.21. The van der Waals surface area contributed by atoms with Gasteiger partial charge in [0.15, 0.2) is 0 Å². The molecular formula is C28H31BrN4O7S. The van der Waals surface area contributed by atoms with Crippen LogP contribution < -0.4 is 14.4 Å². The zero-order chi connectivity index (χ0) is 30.2. The summed E-state index contributed by atoms with van der Waals surface area (Å²) < 4.78 is 32.8. The smallest absolute Gasteiger partial charge is 0.271 e. The first-order chi connectivity index (χ1) is 19.4. The number of nitro benzene ring substituents is 1. The van der Waals surface area contributed by atoms with Gasteiger partial charge in [-0.1, -0.05) is 58.4 Å². The van der Waals surface area contributed by atoms with E-state index in [4.69, 9.17) is 4.74 Å². The van der Waals surface area contributed by atoms with Crippen molar-refractivity contribution >= 4 is 49.1 Å². The van der Waals surface area contributed by atoms with Crippen LogP contribution in [0.4, 0.5) is 11.4 Å². The van der Waals surface area contributed by atoms with Crippen molar-refractivity contribution in [3.63, 3.8) is 0 Å². The maximum Gasteiger partial charge on any atom is 0.271 e. The zero-order valence-electron chi connectivity index (χ0n) is 22.8. The number of carbonyl (C=O) groups is 2. The van der Waals surface area contributed by atoms with Crippen LogP contribution in [0.5, 0.6) is 5.75 Å². The molecular weight excluding hydrogens is 616 g/mol. The van der Waals surface area contributed by atoms with Crippen molar-refractivity contribution in [1.29, 1.82) is 0 Å². The highest BCUT2D eigenvalue weighted by Crippen LogP contribution is 2.34. The van der Waals surface area contributed by atoms with Gasteiger partial charge in [-0.25, -0.2) is 8.42 Å². The molecule has 3 rings (SSSR count). The number of ether oxygens (including phenoxy) is 1. The van der Waals surface area contributed by atoms with Crippen molar-refractivity contribution < 1.29 is 27.7 Å². The molecule has 1 N–H and O–H groups in total. The fraction of sp³-hybridized carbons (Fsp3) is 0.286. The van der Waals surface area contributed by atoms with E-state index in [1.54, 1.807) is 31.2 Å². The second-order valence-electron chi connectivity index (χ2n) is 9.13. The third kappa shape index (κ3) is 8.51.